The van der Waals surface area contributed by atoms with E-state index in [0.717, 1.165) is 18.5 Å². The molecule has 1 aromatic carbocycles. The molecule has 1 aliphatic heterocycles. The molecule has 0 spiro atoms. The van der Waals surface area contributed by atoms with E-state index in [-0.39, 0.29) is 11.0 Å². The van der Waals surface area contributed by atoms with Crippen LogP contribution in [-0.4, -0.2) is 28.1 Å². The van der Waals surface area contributed by atoms with Gasteiger partial charge in [0.1, 0.15) is 6.10 Å². The van der Waals surface area contributed by atoms with Crippen LogP contribution in [0.15, 0.2) is 41.5 Å². The van der Waals surface area contributed by atoms with Gasteiger partial charge in [-0.3, -0.25) is 0 Å². The summed E-state index contributed by atoms with van der Waals surface area (Å²) < 4.78 is 30.8. The lowest BCUT2D eigenvalue weighted by Gasteiger charge is -2.20. The van der Waals surface area contributed by atoms with Crippen LogP contribution < -0.4 is 10.0 Å². The molecule has 0 radical (unpaired) electrons. The topological polar surface area (TPSA) is 67.4 Å². The van der Waals surface area contributed by atoms with Crippen molar-refractivity contribution in [1.29, 1.82) is 0 Å². The van der Waals surface area contributed by atoms with Crippen molar-refractivity contribution in [3.63, 3.8) is 0 Å². The number of anilines is 1. The van der Waals surface area contributed by atoms with Crippen molar-refractivity contribution in [3.05, 3.63) is 36.6 Å². The average Bonchev–Trinajstić information content (AvgIpc) is 2.47. The molecule has 1 aliphatic rings. The maximum atomic E-state index is 11.6. The molecule has 104 valence electrons. The van der Waals surface area contributed by atoms with Gasteiger partial charge in [0, 0.05) is 5.69 Å². The van der Waals surface area contributed by atoms with Crippen LogP contribution in [0.1, 0.15) is 12.8 Å². The molecule has 0 bridgehead atoms. The van der Waals surface area contributed by atoms with E-state index in [0.29, 0.717) is 6.54 Å². The maximum Gasteiger partial charge on any atom is 0.240 e. The zero-order chi connectivity index (χ0) is 13.7. The monoisotopic (exact) mass is 282 g/mol. The Morgan fingerprint density at radius 3 is 2.63 bits per heavy atom. The fourth-order valence-corrected chi connectivity index (χ4v) is 2.57. The quantitative estimate of drug-likeness (QED) is 0.862. The SMILES string of the molecule is CNS(=O)(=O)c1ccc(NCC2CCC=CO2)cc1. The first kappa shape index (κ1) is 13.9. The van der Waals surface area contributed by atoms with Crippen molar-refractivity contribution in [1.82, 2.24) is 4.72 Å². The number of hydrogen-bond donors (Lipinski definition) is 2. The minimum Gasteiger partial charge on any atom is -0.497 e. The van der Waals surface area contributed by atoms with Crippen LogP contribution in [-0.2, 0) is 14.8 Å². The van der Waals surface area contributed by atoms with E-state index in [4.69, 9.17) is 4.74 Å². The van der Waals surface area contributed by atoms with E-state index in [2.05, 4.69) is 10.0 Å². The van der Waals surface area contributed by atoms with E-state index in [1.165, 1.54) is 7.05 Å². The third kappa shape index (κ3) is 3.71. The molecule has 2 N–H and O–H groups in total. The normalized spacial score (nSPS) is 18.9. The summed E-state index contributed by atoms with van der Waals surface area (Å²) in [6, 6.07) is 6.66. The number of allylic oxidation sites excluding steroid dienone is 1. The second-order valence-electron chi connectivity index (χ2n) is 4.32. The number of sulfonamides is 1. The third-order valence-corrected chi connectivity index (χ3v) is 4.42. The van der Waals surface area contributed by atoms with Gasteiger partial charge in [-0.2, -0.15) is 0 Å². The largest absolute Gasteiger partial charge is 0.497 e. The number of hydrogen-bond acceptors (Lipinski definition) is 4. The second-order valence-corrected chi connectivity index (χ2v) is 6.21. The Morgan fingerprint density at radius 2 is 2.05 bits per heavy atom. The van der Waals surface area contributed by atoms with Crippen LogP contribution in [0.25, 0.3) is 0 Å². The molecule has 5 nitrogen and oxygen atoms in total. The summed E-state index contributed by atoms with van der Waals surface area (Å²) in [5.41, 5.74) is 0.883. The Labute approximate surface area is 113 Å². The van der Waals surface area contributed by atoms with Crippen LogP contribution >= 0.6 is 0 Å². The highest BCUT2D eigenvalue weighted by molar-refractivity contribution is 7.89. The van der Waals surface area contributed by atoms with E-state index in [1.54, 1.807) is 30.5 Å². The van der Waals surface area contributed by atoms with Gasteiger partial charge in [0.05, 0.1) is 17.7 Å². The summed E-state index contributed by atoms with van der Waals surface area (Å²) in [7, 11) is -1.96. The summed E-state index contributed by atoms with van der Waals surface area (Å²) in [6.45, 7) is 0.711. The van der Waals surface area contributed by atoms with Gasteiger partial charge in [0.15, 0.2) is 0 Å². The molecule has 0 amide bonds. The predicted molar refractivity (Wildman–Crippen MR) is 74.4 cm³/mol. The van der Waals surface area contributed by atoms with Crippen LogP contribution in [0.3, 0.4) is 0 Å². The molecule has 2 rings (SSSR count). The van der Waals surface area contributed by atoms with Crippen molar-refractivity contribution < 1.29 is 13.2 Å². The number of rotatable bonds is 5. The van der Waals surface area contributed by atoms with E-state index < -0.39 is 10.0 Å². The maximum absolute atomic E-state index is 11.6. The first-order valence-corrected chi connectivity index (χ1v) is 7.68. The third-order valence-electron chi connectivity index (χ3n) is 2.99. The number of benzene rings is 1. The highest BCUT2D eigenvalue weighted by atomic mass is 32.2. The molecule has 0 saturated heterocycles. The summed E-state index contributed by atoms with van der Waals surface area (Å²) in [6.07, 6.45) is 5.94. The molecular formula is C13H18N2O3S. The number of ether oxygens (including phenoxy) is 1. The van der Waals surface area contributed by atoms with E-state index >= 15 is 0 Å². The van der Waals surface area contributed by atoms with Crippen LogP contribution in [0, 0.1) is 0 Å². The summed E-state index contributed by atoms with van der Waals surface area (Å²) >= 11 is 0. The predicted octanol–water partition coefficient (Wildman–Crippen LogP) is 1.70. The molecule has 0 aromatic heterocycles. The molecule has 0 saturated carbocycles. The molecule has 1 heterocycles. The van der Waals surface area contributed by atoms with Crippen molar-refractivity contribution in [3.8, 4) is 0 Å². The van der Waals surface area contributed by atoms with Crippen LogP contribution in [0.4, 0.5) is 5.69 Å². The van der Waals surface area contributed by atoms with Gasteiger partial charge in [-0.25, -0.2) is 13.1 Å². The lowest BCUT2D eigenvalue weighted by molar-refractivity contribution is 0.135. The minimum atomic E-state index is -3.36. The Hall–Kier alpha value is -1.53. The lowest BCUT2D eigenvalue weighted by Crippen LogP contribution is -2.23. The summed E-state index contributed by atoms with van der Waals surface area (Å²) in [5, 5.41) is 3.24. The fraction of sp³-hybridized carbons (Fsp3) is 0.385. The van der Waals surface area contributed by atoms with Crippen LogP contribution in [0.2, 0.25) is 0 Å². The number of nitrogens with one attached hydrogen (secondary N) is 2. The summed E-state index contributed by atoms with van der Waals surface area (Å²) in [5.74, 6) is 0. The standard InChI is InChI=1S/C13H18N2O3S/c1-14-19(16,17)13-7-5-11(6-8-13)15-10-12-4-2-3-9-18-12/h3,5-9,12,14-15H,2,4,10H2,1H3. The van der Waals surface area contributed by atoms with Gasteiger partial charge in [-0.1, -0.05) is 0 Å². The second kappa shape index (κ2) is 6.08. The van der Waals surface area contributed by atoms with Gasteiger partial charge in [-0.15, -0.1) is 0 Å². The van der Waals surface area contributed by atoms with Crippen molar-refractivity contribution in [2.45, 2.75) is 23.8 Å². The van der Waals surface area contributed by atoms with Gasteiger partial charge in [0.2, 0.25) is 10.0 Å². The lowest BCUT2D eigenvalue weighted by atomic mass is 10.1. The summed E-state index contributed by atoms with van der Waals surface area (Å²) in [4.78, 5) is 0.261. The molecule has 0 aliphatic carbocycles. The van der Waals surface area contributed by atoms with Gasteiger partial charge in [0.25, 0.3) is 0 Å². The Morgan fingerprint density at radius 1 is 1.32 bits per heavy atom. The Balaban J connectivity index is 1.93. The van der Waals surface area contributed by atoms with Crippen LogP contribution in [0.5, 0.6) is 0 Å². The highest BCUT2D eigenvalue weighted by Gasteiger charge is 2.12. The molecule has 1 aromatic rings. The molecule has 6 heteroatoms. The smallest absolute Gasteiger partial charge is 0.240 e. The molecule has 0 fully saturated rings. The fourth-order valence-electron chi connectivity index (χ4n) is 1.84. The average molecular weight is 282 g/mol. The Bertz CT molecular complexity index is 538. The highest BCUT2D eigenvalue weighted by Crippen LogP contribution is 2.15. The minimum absolute atomic E-state index is 0.172. The molecule has 19 heavy (non-hydrogen) atoms. The first-order chi connectivity index (χ1) is 9.12. The van der Waals surface area contributed by atoms with E-state index in [1.807, 2.05) is 6.08 Å². The first-order valence-electron chi connectivity index (χ1n) is 6.20. The molecule has 1 atom stereocenters. The zero-order valence-electron chi connectivity index (χ0n) is 10.8. The van der Waals surface area contributed by atoms with Crippen molar-refractivity contribution in [2.75, 3.05) is 18.9 Å². The van der Waals surface area contributed by atoms with Crippen molar-refractivity contribution in [2.24, 2.45) is 0 Å². The zero-order valence-corrected chi connectivity index (χ0v) is 11.6. The van der Waals surface area contributed by atoms with Crippen molar-refractivity contribution >= 4 is 15.7 Å². The van der Waals surface area contributed by atoms with Gasteiger partial charge in [-0.05, 0) is 50.2 Å². The molecule has 1 unspecified atom stereocenters. The van der Waals surface area contributed by atoms with Gasteiger partial charge < -0.3 is 10.1 Å². The Kier molecular flexibility index (Phi) is 4.44. The van der Waals surface area contributed by atoms with Gasteiger partial charge >= 0.3 is 0 Å². The van der Waals surface area contributed by atoms with E-state index in [9.17, 15) is 8.42 Å². The molecular weight excluding hydrogens is 264 g/mol.